The van der Waals surface area contributed by atoms with Gasteiger partial charge in [-0.15, -0.1) is 0 Å². The van der Waals surface area contributed by atoms with Crippen molar-refractivity contribution in [2.24, 2.45) is 12.0 Å². The molecule has 2 rings (SSSR count). The Morgan fingerprint density at radius 2 is 2.19 bits per heavy atom. The second kappa shape index (κ2) is 7.64. The molecule has 0 aliphatic rings. The second-order valence-electron chi connectivity index (χ2n) is 4.48. The lowest BCUT2D eigenvalue weighted by atomic mass is 10.3. The summed E-state index contributed by atoms with van der Waals surface area (Å²) in [7, 11) is 1.92. The zero-order chi connectivity index (χ0) is 15.1. The summed E-state index contributed by atoms with van der Waals surface area (Å²) in [5.74, 6) is 0.758. The molecule has 0 fully saturated rings. The molecule has 2 aromatic heterocycles. The van der Waals surface area contributed by atoms with Crippen molar-refractivity contribution >= 4 is 17.6 Å². The van der Waals surface area contributed by atoms with Crippen molar-refractivity contribution in [1.29, 1.82) is 0 Å². The zero-order valence-corrected chi connectivity index (χ0v) is 12.9. The third kappa shape index (κ3) is 4.75. The van der Waals surface area contributed by atoms with Crippen LogP contribution in [-0.2, 0) is 20.1 Å². The van der Waals surface area contributed by atoms with E-state index in [1.165, 1.54) is 0 Å². The van der Waals surface area contributed by atoms with Crippen LogP contribution in [0.3, 0.4) is 0 Å². The first-order valence-corrected chi connectivity index (χ1v) is 7.16. The molecular weight excluding hydrogens is 288 g/mol. The van der Waals surface area contributed by atoms with Gasteiger partial charge in [0.15, 0.2) is 5.96 Å². The van der Waals surface area contributed by atoms with Crippen molar-refractivity contribution in [3.63, 3.8) is 0 Å². The van der Waals surface area contributed by atoms with Crippen LogP contribution in [0, 0.1) is 0 Å². The van der Waals surface area contributed by atoms with Crippen molar-refractivity contribution in [3.8, 4) is 0 Å². The third-order valence-electron chi connectivity index (χ3n) is 2.91. The third-order valence-corrected chi connectivity index (χ3v) is 3.14. The van der Waals surface area contributed by atoms with Crippen LogP contribution in [0.4, 0.5) is 0 Å². The van der Waals surface area contributed by atoms with Crippen LogP contribution in [0.25, 0.3) is 0 Å². The standard InChI is InChI=1S/C14H19ClN6/c1-3-16-14(19-10-12-6-7-20-21(12)2)18-9-11-4-5-13(15)17-8-11/h4-8H,3,9-10H2,1-2H3,(H2,16,18,19). The monoisotopic (exact) mass is 306 g/mol. The molecule has 0 aliphatic carbocycles. The molecule has 6 nitrogen and oxygen atoms in total. The fraction of sp³-hybridized carbons (Fsp3) is 0.357. The number of nitrogens with zero attached hydrogens (tertiary/aromatic N) is 4. The van der Waals surface area contributed by atoms with Gasteiger partial charge in [-0.05, 0) is 24.6 Å². The van der Waals surface area contributed by atoms with Crippen LogP contribution < -0.4 is 10.6 Å². The average molecular weight is 307 g/mol. The molecule has 0 atom stereocenters. The summed E-state index contributed by atoms with van der Waals surface area (Å²) >= 11 is 5.77. The molecule has 0 aliphatic heterocycles. The smallest absolute Gasteiger partial charge is 0.191 e. The van der Waals surface area contributed by atoms with Gasteiger partial charge < -0.3 is 10.6 Å². The largest absolute Gasteiger partial charge is 0.357 e. The number of pyridine rings is 1. The maximum absolute atomic E-state index is 5.77. The molecule has 2 heterocycles. The summed E-state index contributed by atoms with van der Waals surface area (Å²) in [6.07, 6.45) is 3.51. The Morgan fingerprint density at radius 1 is 1.33 bits per heavy atom. The van der Waals surface area contributed by atoms with E-state index in [0.29, 0.717) is 18.2 Å². The quantitative estimate of drug-likeness (QED) is 0.501. The Bertz CT molecular complexity index is 590. The van der Waals surface area contributed by atoms with Crippen LogP contribution >= 0.6 is 11.6 Å². The number of halogens is 1. The molecule has 21 heavy (non-hydrogen) atoms. The fourth-order valence-electron chi connectivity index (χ4n) is 1.76. The zero-order valence-electron chi connectivity index (χ0n) is 12.2. The van der Waals surface area contributed by atoms with Crippen LogP contribution in [0.2, 0.25) is 5.15 Å². The Hall–Kier alpha value is -2.08. The van der Waals surface area contributed by atoms with E-state index in [0.717, 1.165) is 23.8 Å². The number of nitrogens with one attached hydrogen (secondary N) is 2. The first-order valence-electron chi connectivity index (χ1n) is 6.78. The molecule has 112 valence electrons. The maximum Gasteiger partial charge on any atom is 0.191 e. The molecule has 0 saturated carbocycles. The first-order chi connectivity index (χ1) is 10.2. The Labute approximate surface area is 129 Å². The average Bonchev–Trinajstić information content (AvgIpc) is 2.89. The van der Waals surface area contributed by atoms with E-state index in [1.807, 2.05) is 30.8 Å². The Kier molecular flexibility index (Phi) is 5.57. The lowest BCUT2D eigenvalue weighted by Crippen LogP contribution is -2.37. The summed E-state index contributed by atoms with van der Waals surface area (Å²) in [5, 5.41) is 11.1. The number of aryl methyl sites for hydroxylation is 1. The summed E-state index contributed by atoms with van der Waals surface area (Å²) in [6.45, 7) is 4.05. The highest BCUT2D eigenvalue weighted by Crippen LogP contribution is 2.06. The Balaban J connectivity index is 1.95. The summed E-state index contributed by atoms with van der Waals surface area (Å²) in [5.41, 5.74) is 2.10. The molecular formula is C14H19ClN6. The molecule has 0 unspecified atom stereocenters. The normalized spacial score (nSPS) is 11.5. The SMILES string of the molecule is CCNC(=NCc1ccc(Cl)nc1)NCc1ccnn1C. The predicted octanol–water partition coefficient (Wildman–Crippen LogP) is 1.72. The van der Waals surface area contributed by atoms with Crippen LogP contribution in [0.15, 0.2) is 35.6 Å². The van der Waals surface area contributed by atoms with Crippen molar-refractivity contribution in [1.82, 2.24) is 25.4 Å². The minimum Gasteiger partial charge on any atom is -0.357 e. The molecule has 2 aromatic rings. The minimum absolute atomic E-state index is 0.490. The number of aliphatic imine (C=N–C) groups is 1. The second-order valence-corrected chi connectivity index (χ2v) is 4.87. The Morgan fingerprint density at radius 3 is 2.81 bits per heavy atom. The highest BCUT2D eigenvalue weighted by molar-refractivity contribution is 6.29. The summed E-state index contributed by atoms with van der Waals surface area (Å²) < 4.78 is 1.83. The number of rotatable bonds is 5. The van der Waals surface area contributed by atoms with E-state index >= 15 is 0 Å². The lowest BCUT2D eigenvalue weighted by Gasteiger charge is -2.11. The maximum atomic E-state index is 5.77. The molecule has 0 amide bonds. The number of aromatic nitrogens is 3. The van der Waals surface area contributed by atoms with Crippen molar-refractivity contribution < 1.29 is 0 Å². The first kappa shape index (κ1) is 15.3. The van der Waals surface area contributed by atoms with Gasteiger partial charge in [0, 0.05) is 26.0 Å². The molecule has 0 bridgehead atoms. The van der Waals surface area contributed by atoms with Crippen molar-refractivity contribution in [2.45, 2.75) is 20.0 Å². The highest BCUT2D eigenvalue weighted by Gasteiger charge is 2.01. The van der Waals surface area contributed by atoms with Gasteiger partial charge in [-0.25, -0.2) is 9.98 Å². The molecule has 2 N–H and O–H groups in total. The van der Waals surface area contributed by atoms with E-state index in [1.54, 1.807) is 18.5 Å². The van der Waals surface area contributed by atoms with E-state index in [9.17, 15) is 0 Å². The van der Waals surface area contributed by atoms with Gasteiger partial charge in [-0.2, -0.15) is 5.10 Å². The topological polar surface area (TPSA) is 67.1 Å². The number of hydrogen-bond donors (Lipinski definition) is 2. The molecule has 0 radical (unpaired) electrons. The van der Waals surface area contributed by atoms with E-state index in [4.69, 9.17) is 11.6 Å². The predicted molar refractivity (Wildman–Crippen MR) is 84.1 cm³/mol. The van der Waals surface area contributed by atoms with Gasteiger partial charge >= 0.3 is 0 Å². The van der Waals surface area contributed by atoms with Gasteiger partial charge in [-0.1, -0.05) is 17.7 Å². The minimum atomic E-state index is 0.490. The van der Waals surface area contributed by atoms with E-state index < -0.39 is 0 Å². The van der Waals surface area contributed by atoms with Crippen molar-refractivity contribution in [2.75, 3.05) is 6.54 Å². The lowest BCUT2D eigenvalue weighted by molar-refractivity contribution is 0.685. The number of hydrogen-bond acceptors (Lipinski definition) is 3. The number of guanidine groups is 1. The highest BCUT2D eigenvalue weighted by atomic mass is 35.5. The fourth-order valence-corrected chi connectivity index (χ4v) is 1.87. The van der Waals surface area contributed by atoms with Crippen molar-refractivity contribution in [3.05, 3.63) is 47.0 Å². The molecule has 0 aromatic carbocycles. The van der Waals surface area contributed by atoms with Gasteiger partial charge in [-0.3, -0.25) is 4.68 Å². The van der Waals surface area contributed by atoms with Gasteiger partial charge in [0.05, 0.1) is 18.8 Å². The van der Waals surface area contributed by atoms with Gasteiger partial charge in [0.1, 0.15) is 5.15 Å². The van der Waals surface area contributed by atoms with Crippen LogP contribution in [0.5, 0.6) is 0 Å². The van der Waals surface area contributed by atoms with Crippen LogP contribution in [-0.4, -0.2) is 27.3 Å². The molecule has 7 heteroatoms. The van der Waals surface area contributed by atoms with Crippen LogP contribution in [0.1, 0.15) is 18.2 Å². The van der Waals surface area contributed by atoms with E-state index in [2.05, 4.69) is 25.7 Å². The van der Waals surface area contributed by atoms with Gasteiger partial charge in [0.25, 0.3) is 0 Å². The summed E-state index contributed by atoms with van der Waals surface area (Å²) in [6, 6.07) is 5.66. The molecule has 0 saturated heterocycles. The van der Waals surface area contributed by atoms with E-state index in [-0.39, 0.29) is 0 Å². The van der Waals surface area contributed by atoms with Gasteiger partial charge in [0.2, 0.25) is 0 Å². The molecule has 0 spiro atoms. The summed E-state index contributed by atoms with van der Waals surface area (Å²) in [4.78, 5) is 8.57.